The Kier molecular flexibility index (Phi) is 3.01. The Morgan fingerprint density at radius 2 is 2.08 bits per heavy atom. The van der Waals surface area contributed by atoms with Gasteiger partial charge in [0.2, 0.25) is 0 Å². The molecule has 2 aromatic rings. The number of piperidine rings is 1. The van der Waals surface area contributed by atoms with Crippen LogP contribution in [0.5, 0.6) is 0 Å². The number of benzene rings is 1. The van der Waals surface area contributed by atoms with Crippen molar-refractivity contribution in [3.05, 3.63) is 47.2 Å². The predicted molar refractivity (Wildman–Crippen MR) is 93.5 cm³/mol. The van der Waals surface area contributed by atoms with Gasteiger partial charge in [0, 0.05) is 34.6 Å². The van der Waals surface area contributed by atoms with Crippen LogP contribution in [0, 0.1) is 5.92 Å². The molecule has 5 heteroatoms. The number of para-hydroxylation sites is 1. The first-order valence-electron chi connectivity index (χ1n) is 8.78. The zero-order chi connectivity index (χ0) is 17.3. The minimum Gasteiger partial charge on any atom is -0.467 e. The van der Waals surface area contributed by atoms with Crippen LogP contribution in [-0.2, 0) is 9.53 Å². The van der Waals surface area contributed by atoms with Gasteiger partial charge in [0.25, 0.3) is 0 Å². The molecule has 0 aliphatic carbocycles. The zero-order valence-electron chi connectivity index (χ0n) is 14.4. The molecule has 1 aromatic carbocycles. The standard InChI is InChI=1S/C20H20N2O3/c1-3-11-9-21-10-16(23)17-12-6-4-5-7-14(12)22-18(20(24)25-2)13(11)8-15(21)19(17)22/h3-7,13,15,18H,8-10H2,1-2H3/b11-3-/t13-,15-,18-/m0/s1. The summed E-state index contributed by atoms with van der Waals surface area (Å²) >= 11 is 0. The largest absolute Gasteiger partial charge is 0.467 e. The molecule has 0 N–H and O–H groups in total. The fraction of sp³-hybridized carbons (Fsp3) is 0.400. The fourth-order valence-corrected chi connectivity index (χ4v) is 5.13. The van der Waals surface area contributed by atoms with Crippen LogP contribution in [-0.4, -0.2) is 41.4 Å². The summed E-state index contributed by atoms with van der Waals surface area (Å²) < 4.78 is 7.27. The summed E-state index contributed by atoms with van der Waals surface area (Å²) in [5, 5.41) is 0.964. The number of hydrogen-bond acceptors (Lipinski definition) is 4. The molecule has 0 saturated carbocycles. The predicted octanol–water partition coefficient (Wildman–Crippen LogP) is 2.87. The van der Waals surface area contributed by atoms with E-state index in [9.17, 15) is 9.59 Å². The van der Waals surface area contributed by atoms with E-state index in [2.05, 4.69) is 15.5 Å². The van der Waals surface area contributed by atoms with Gasteiger partial charge in [-0.25, -0.2) is 4.79 Å². The number of carbonyl (C=O) groups is 2. The highest BCUT2D eigenvalue weighted by atomic mass is 16.5. The van der Waals surface area contributed by atoms with Crippen LogP contribution in [0.1, 0.15) is 41.5 Å². The number of ether oxygens (including phenoxy) is 1. The van der Waals surface area contributed by atoms with Gasteiger partial charge in [0.1, 0.15) is 6.04 Å². The summed E-state index contributed by atoms with van der Waals surface area (Å²) in [5.41, 5.74) is 4.02. The summed E-state index contributed by atoms with van der Waals surface area (Å²) in [5.74, 6) is 0.0569. The van der Waals surface area contributed by atoms with Gasteiger partial charge in [-0.05, 0) is 19.4 Å². The van der Waals surface area contributed by atoms with Crippen molar-refractivity contribution in [1.29, 1.82) is 0 Å². The number of carbonyl (C=O) groups excluding carboxylic acids is 2. The molecule has 128 valence electrons. The topological polar surface area (TPSA) is 51.5 Å². The molecule has 1 saturated heterocycles. The Labute approximate surface area is 145 Å². The molecule has 3 aliphatic heterocycles. The molecule has 4 heterocycles. The lowest BCUT2D eigenvalue weighted by Gasteiger charge is -2.49. The highest BCUT2D eigenvalue weighted by molar-refractivity contribution is 6.12. The summed E-state index contributed by atoms with van der Waals surface area (Å²) in [6.07, 6.45) is 2.98. The molecule has 2 bridgehead atoms. The number of ketones is 1. The van der Waals surface area contributed by atoms with Crippen molar-refractivity contribution >= 4 is 22.7 Å². The number of rotatable bonds is 1. The SMILES string of the molecule is C/C=C1/CN2CC(=O)c3c4n(c5ccccc35)[C@H](C(=O)OC)[C@H]1C[C@@H]42. The zero-order valence-corrected chi connectivity index (χ0v) is 14.4. The number of allylic oxidation sites excluding steroid dienone is 1. The molecule has 0 spiro atoms. The molecule has 0 amide bonds. The van der Waals surface area contributed by atoms with Crippen molar-refractivity contribution < 1.29 is 14.3 Å². The van der Waals surface area contributed by atoms with Gasteiger partial charge in [-0.1, -0.05) is 29.8 Å². The molecule has 3 atom stereocenters. The van der Waals surface area contributed by atoms with Gasteiger partial charge in [0.05, 0.1) is 19.7 Å². The number of hydrogen-bond donors (Lipinski definition) is 0. The van der Waals surface area contributed by atoms with Gasteiger partial charge in [0.15, 0.2) is 5.78 Å². The molecule has 1 aromatic heterocycles. The Morgan fingerprint density at radius 3 is 2.84 bits per heavy atom. The summed E-state index contributed by atoms with van der Waals surface area (Å²) in [4.78, 5) is 28.0. The van der Waals surface area contributed by atoms with Crippen molar-refractivity contribution in [3.63, 3.8) is 0 Å². The molecule has 3 aliphatic rings. The molecule has 1 fully saturated rings. The van der Waals surface area contributed by atoms with Gasteiger partial charge >= 0.3 is 5.97 Å². The third kappa shape index (κ3) is 1.76. The molecule has 25 heavy (non-hydrogen) atoms. The van der Waals surface area contributed by atoms with Gasteiger partial charge in [-0.15, -0.1) is 0 Å². The van der Waals surface area contributed by atoms with Crippen molar-refractivity contribution in [2.45, 2.75) is 25.4 Å². The summed E-state index contributed by atoms with van der Waals surface area (Å²) in [7, 11) is 1.45. The highest BCUT2D eigenvalue weighted by Crippen LogP contribution is 2.53. The van der Waals surface area contributed by atoms with Crippen LogP contribution in [0.4, 0.5) is 0 Å². The lowest BCUT2D eigenvalue weighted by Crippen LogP contribution is -2.51. The summed E-state index contributed by atoms with van der Waals surface area (Å²) in [6, 6.07) is 7.75. The Morgan fingerprint density at radius 1 is 1.28 bits per heavy atom. The monoisotopic (exact) mass is 336 g/mol. The normalized spacial score (nSPS) is 29.3. The number of nitrogens with zero attached hydrogens (tertiary/aromatic N) is 2. The van der Waals surface area contributed by atoms with E-state index in [4.69, 9.17) is 4.74 Å². The number of esters is 1. The van der Waals surface area contributed by atoms with Gasteiger partial charge < -0.3 is 9.30 Å². The third-order valence-corrected chi connectivity index (χ3v) is 6.14. The quantitative estimate of drug-likeness (QED) is 0.593. The first kappa shape index (κ1) is 14.9. The molecule has 0 unspecified atom stereocenters. The van der Waals surface area contributed by atoms with E-state index >= 15 is 0 Å². The Bertz CT molecular complexity index is 955. The van der Waals surface area contributed by atoms with Gasteiger partial charge in [-0.3, -0.25) is 9.69 Å². The second-order valence-corrected chi connectivity index (χ2v) is 7.17. The maximum atomic E-state index is 12.9. The molecule has 0 radical (unpaired) electrons. The first-order chi connectivity index (χ1) is 12.2. The van der Waals surface area contributed by atoms with Crippen LogP contribution < -0.4 is 0 Å². The number of fused-ring (bicyclic) bond motifs is 4. The van der Waals surface area contributed by atoms with Crippen LogP contribution in [0.2, 0.25) is 0 Å². The maximum absolute atomic E-state index is 12.9. The molecular weight excluding hydrogens is 316 g/mol. The molecular formula is C20H20N2O3. The van der Waals surface area contributed by atoms with Crippen molar-refractivity contribution in [1.82, 2.24) is 9.47 Å². The van der Waals surface area contributed by atoms with Crippen molar-refractivity contribution in [2.75, 3.05) is 20.2 Å². The first-order valence-corrected chi connectivity index (χ1v) is 8.78. The number of methoxy groups -OCH3 is 1. The smallest absolute Gasteiger partial charge is 0.329 e. The fourth-order valence-electron chi connectivity index (χ4n) is 5.13. The van der Waals surface area contributed by atoms with E-state index < -0.39 is 6.04 Å². The van der Waals surface area contributed by atoms with E-state index in [0.29, 0.717) is 6.54 Å². The number of Topliss-reactive ketones (excluding diaryl/α,β-unsaturated/α-hetero) is 1. The van der Waals surface area contributed by atoms with Gasteiger partial charge in [-0.2, -0.15) is 0 Å². The Hall–Kier alpha value is -2.40. The van der Waals surface area contributed by atoms with Crippen LogP contribution in [0.25, 0.3) is 10.9 Å². The lowest BCUT2D eigenvalue weighted by atomic mass is 9.75. The minimum atomic E-state index is -0.394. The van der Waals surface area contributed by atoms with E-state index in [1.54, 1.807) is 0 Å². The molecule has 5 rings (SSSR count). The average molecular weight is 336 g/mol. The van der Waals surface area contributed by atoms with E-state index in [1.807, 2.05) is 31.2 Å². The third-order valence-electron chi connectivity index (χ3n) is 6.14. The second kappa shape index (κ2) is 5.05. The number of aromatic nitrogens is 1. The van der Waals surface area contributed by atoms with Crippen LogP contribution in [0.15, 0.2) is 35.9 Å². The van der Waals surface area contributed by atoms with E-state index in [-0.39, 0.29) is 23.7 Å². The van der Waals surface area contributed by atoms with Crippen molar-refractivity contribution in [3.8, 4) is 0 Å². The van der Waals surface area contributed by atoms with Crippen LogP contribution >= 0.6 is 0 Å². The molecule has 5 nitrogen and oxygen atoms in total. The second-order valence-electron chi connectivity index (χ2n) is 7.17. The van der Waals surface area contributed by atoms with E-state index in [1.165, 1.54) is 12.7 Å². The average Bonchev–Trinajstić information content (AvgIpc) is 2.98. The lowest BCUT2D eigenvalue weighted by molar-refractivity contribution is -0.147. The van der Waals surface area contributed by atoms with E-state index in [0.717, 1.165) is 35.1 Å². The maximum Gasteiger partial charge on any atom is 0.329 e. The Balaban J connectivity index is 1.90. The highest BCUT2D eigenvalue weighted by Gasteiger charge is 2.51. The minimum absolute atomic E-state index is 0.128. The summed E-state index contributed by atoms with van der Waals surface area (Å²) in [6.45, 7) is 3.23. The van der Waals surface area contributed by atoms with Crippen LogP contribution in [0.3, 0.4) is 0 Å². The van der Waals surface area contributed by atoms with Crippen molar-refractivity contribution in [2.24, 2.45) is 5.92 Å².